The van der Waals surface area contributed by atoms with Crippen LogP contribution in [0.4, 0.5) is 0 Å². The highest BCUT2D eigenvalue weighted by Gasteiger charge is 2.17. The van der Waals surface area contributed by atoms with Crippen LogP contribution in [0.3, 0.4) is 0 Å². The minimum atomic E-state index is 0.822. The lowest BCUT2D eigenvalue weighted by Gasteiger charge is -2.00. The molecule has 3 nitrogen and oxygen atoms in total. The van der Waals surface area contributed by atoms with Crippen molar-refractivity contribution in [3.05, 3.63) is 89.2 Å². The smallest absolute Gasteiger partial charge is 0.129 e. The maximum atomic E-state index is 6.20. The molecule has 2 aliphatic rings. The van der Waals surface area contributed by atoms with Gasteiger partial charge in [-0.3, -0.25) is 0 Å². The highest BCUT2D eigenvalue weighted by Crippen LogP contribution is 2.40. The molecule has 0 saturated carbocycles. The van der Waals surface area contributed by atoms with Gasteiger partial charge in [0.15, 0.2) is 0 Å². The molecule has 0 spiro atoms. The molecule has 0 amide bonds. The largest absolute Gasteiger partial charge is 0.457 e. The zero-order valence-electron chi connectivity index (χ0n) is 20.1. The van der Waals surface area contributed by atoms with Gasteiger partial charge in [0.05, 0.1) is 11.4 Å². The number of nitrogens with one attached hydrogen (secondary N) is 1. The molecule has 8 bridgehead atoms. The summed E-state index contributed by atoms with van der Waals surface area (Å²) < 4.78 is 6.20. The lowest BCUT2D eigenvalue weighted by atomic mass is 10.0. The fraction of sp³-hybridized carbons (Fsp3) is 0.194. The number of hydrogen-bond donors (Lipinski definition) is 1. The van der Waals surface area contributed by atoms with Crippen LogP contribution >= 0.6 is 0 Å². The first-order valence-corrected chi connectivity index (χ1v) is 12.1. The molecule has 1 aromatic carbocycles. The van der Waals surface area contributed by atoms with Gasteiger partial charge in [0.2, 0.25) is 0 Å². The van der Waals surface area contributed by atoms with Gasteiger partial charge in [0.1, 0.15) is 11.2 Å². The molecule has 6 rings (SSSR count). The van der Waals surface area contributed by atoms with E-state index in [9.17, 15) is 0 Å². The average molecular weight is 445 g/mol. The second-order valence-electron chi connectivity index (χ2n) is 9.17. The van der Waals surface area contributed by atoms with Crippen molar-refractivity contribution in [2.45, 2.75) is 40.5 Å². The van der Waals surface area contributed by atoms with Crippen molar-refractivity contribution in [2.75, 3.05) is 0 Å². The minimum Gasteiger partial charge on any atom is -0.457 e. The van der Waals surface area contributed by atoms with Gasteiger partial charge in [-0.05, 0) is 108 Å². The van der Waals surface area contributed by atoms with Gasteiger partial charge >= 0.3 is 0 Å². The number of furan rings is 1. The average Bonchev–Trinajstić information content (AvgIpc) is 3.56. The molecular weight excluding hydrogens is 416 g/mol. The lowest BCUT2D eigenvalue weighted by Crippen LogP contribution is -1.83. The Bertz CT molecular complexity index is 1650. The van der Waals surface area contributed by atoms with Crippen LogP contribution in [-0.4, -0.2) is 9.97 Å². The molecule has 0 fully saturated rings. The number of benzene rings is 1. The van der Waals surface area contributed by atoms with Crippen molar-refractivity contribution in [1.82, 2.24) is 9.97 Å². The Labute approximate surface area is 199 Å². The van der Waals surface area contributed by atoms with Gasteiger partial charge in [-0.1, -0.05) is 38.1 Å². The third-order valence-electron chi connectivity index (χ3n) is 7.21. The molecule has 1 aliphatic heterocycles. The summed E-state index contributed by atoms with van der Waals surface area (Å²) in [7, 11) is 0. The van der Waals surface area contributed by atoms with Gasteiger partial charge in [0, 0.05) is 17.1 Å². The van der Waals surface area contributed by atoms with Gasteiger partial charge < -0.3 is 9.40 Å². The van der Waals surface area contributed by atoms with Crippen molar-refractivity contribution in [3.63, 3.8) is 0 Å². The van der Waals surface area contributed by atoms with E-state index in [0.29, 0.717) is 0 Å². The van der Waals surface area contributed by atoms with Crippen LogP contribution < -0.4 is 0 Å². The molecular formula is C31H28N2O. The summed E-state index contributed by atoms with van der Waals surface area (Å²) in [4.78, 5) is 8.75. The molecule has 0 unspecified atom stereocenters. The number of aromatic nitrogens is 2. The zero-order valence-corrected chi connectivity index (χ0v) is 20.1. The van der Waals surface area contributed by atoms with E-state index in [1.54, 1.807) is 0 Å². The van der Waals surface area contributed by atoms with Crippen LogP contribution in [0.2, 0.25) is 0 Å². The number of rotatable bonds is 2. The minimum absolute atomic E-state index is 0.822. The topological polar surface area (TPSA) is 41.8 Å². The third kappa shape index (κ3) is 3.23. The number of hydrogen-bond acceptors (Lipinski definition) is 2. The highest BCUT2D eigenvalue weighted by atomic mass is 16.3. The normalized spacial score (nSPS) is 12.8. The maximum absolute atomic E-state index is 6.20. The van der Waals surface area contributed by atoms with Gasteiger partial charge in [0.25, 0.3) is 0 Å². The van der Waals surface area contributed by atoms with E-state index in [1.165, 1.54) is 44.5 Å². The summed E-state index contributed by atoms with van der Waals surface area (Å²) >= 11 is 0. The van der Waals surface area contributed by atoms with Crippen LogP contribution in [0.15, 0.2) is 71.1 Å². The number of allylic oxidation sites excluding steroid dienone is 2. The highest BCUT2D eigenvalue weighted by molar-refractivity contribution is 5.94. The van der Waals surface area contributed by atoms with Gasteiger partial charge in [-0.15, -0.1) is 0 Å². The lowest BCUT2D eigenvalue weighted by molar-refractivity contribution is 0.665. The van der Waals surface area contributed by atoms with E-state index in [4.69, 9.17) is 9.40 Å². The van der Waals surface area contributed by atoms with Crippen LogP contribution in [-0.2, 0) is 6.42 Å². The first-order chi connectivity index (χ1) is 16.6. The molecule has 34 heavy (non-hydrogen) atoms. The van der Waals surface area contributed by atoms with Crippen molar-refractivity contribution in [3.8, 4) is 22.3 Å². The van der Waals surface area contributed by atoms with Crippen LogP contribution in [0, 0.1) is 6.92 Å². The van der Waals surface area contributed by atoms with Crippen LogP contribution in [0.1, 0.15) is 49.7 Å². The van der Waals surface area contributed by atoms with Crippen molar-refractivity contribution >= 4 is 33.3 Å². The molecule has 3 aromatic heterocycles. The van der Waals surface area contributed by atoms with Gasteiger partial charge in [-0.2, -0.15) is 0 Å². The predicted molar refractivity (Wildman–Crippen MR) is 142 cm³/mol. The molecule has 1 aliphatic carbocycles. The Morgan fingerprint density at radius 2 is 1.44 bits per heavy atom. The van der Waals surface area contributed by atoms with E-state index in [1.807, 2.05) is 12.1 Å². The summed E-state index contributed by atoms with van der Waals surface area (Å²) in [6, 6.07) is 23.6. The van der Waals surface area contributed by atoms with Crippen molar-refractivity contribution in [2.24, 2.45) is 0 Å². The summed E-state index contributed by atoms with van der Waals surface area (Å²) in [5, 5.41) is 0. The molecule has 4 heterocycles. The third-order valence-corrected chi connectivity index (χ3v) is 7.21. The Balaban J connectivity index is 1.77. The SMILES string of the molecule is CCC1=C(C)c2cc3ccc(cc4cc(cc5[nH]c(cc1n2)c(CC)c5C)-c1ccccc1-4)o3. The van der Waals surface area contributed by atoms with E-state index < -0.39 is 0 Å². The second-order valence-corrected chi connectivity index (χ2v) is 9.17. The molecule has 3 heteroatoms. The van der Waals surface area contributed by atoms with Gasteiger partial charge in [-0.25, -0.2) is 4.98 Å². The quantitative estimate of drug-likeness (QED) is 0.296. The first-order valence-electron chi connectivity index (χ1n) is 12.1. The molecule has 4 aromatic rings. The second kappa shape index (κ2) is 7.88. The number of nitrogens with zero attached hydrogens (tertiary/aromatic N) is 1. The first kappa shape index (κ1) is 20.7. The number of fused-ring (bicyclic) bond motifs is 11. The Morgan fingerprint density at radius 3 is 2.15 bits per heavy atom. The fourth-order valence-corrected chi connectivity index (χ4v) is 5.39. The van der Waals surface area contributed by atoms with E-state index >= 15 is 0 Å². The predicted octanol–water partition coefficient (Wildman–Crippen LogP) is 8.73. The summed E-state index contributed by atoms with van der Waals surface area (Å²) in [6.07, 6.45) is 1.91. The monoisotopic (exact) mass is 444 g/mol. The van der Waals surface area contributed by atoms with Crippen molar-refractivity contribution in [1.29, 1.82) is 0 Å². The van der Waals surface area contributed by atoms with Crippen LogP contribution in [0.5, 0.6) is 0 Å². The molecule has 0 atom stereocenters. The standard InChI is InChI=1S/C31H28N2O/c1-5-24-18(3)28-15-21-13-20(26-9-7-8-10-27(21)26)14-22-11-12-23(34-22)16-29-19(4)25(6-2)31(33-29)17-30(24)32-28/h7-17,32H,5-6H2,1-4H3. The molecule has 1 N–H and O–H groups in total. The Morgan fingerprint density at radius 1 is 0.735 bits per heavy atom. The van der Waals surface area contributed by atoms with Crippen molar-refractivity contribution < 1.29 is 4.42 Å². The number of aryl methyl sites for hydroxylation is 2. The van der Waals surface area contributed by atoms with E-state index in [-0.39, 0.29) is 0 Å². The maximum Gasteiger partial charge on any atom is 0.129 e. The Hall–Kier alpha value is -3.85. The summed E-state index contributed by atoms with van der Waals surface area (Å²) in [5.41, 5.74) is 16.0. The molecule has 0 radical (unpaired) electrons. The number of aromatic amines is 1. The van der Waals surface area contributed by atoms with Crippen LogP contribution in [0.25, 0.3) is 55.6 Å². The zero-order chi connectivity index (χ0) is 23.4. The summed E-state index contributed by atoms with van der Waals surface area (Å²) in [5.74, 6) is 0. The fourth-order valence-electron chi connectivity index (χ4n) is 5.39. The Kier molecular flexibility index (Phi) is 4.80. The van der Waals surface area contributed by atoms with E-state index in [0.717, 1.165) is 46.4 Å². The molecule has 0 saturated heterocycles. The van der Waals surface area contributed by atoms with E-state index in [2.05, 4.69) is 87.3 Å². The summed E-state index contributed by atoms with van der Waals surface area (Å²) in [6.45, 7) is 8.81. The molecule has 168 valence electrons. The number of H-pyrrole nitrogens is 1.